The minimum absolute atomic E-state index is 0.0761. The van der Waals surface area contributed by atoms with Crippen LogP contribution in [0.2, 0.25) is 0 Å². The smallest absolute Gasteiger partial charge is 0.250 e. The lowest BCUT2D eigenvalue weighted by atomic mass is 10.3. The van der Waals surface area contributed by atoms with Crippen molar-refractivity contribution in [1.82, 2.24) is 5.32 Å². The van der Waals surface area contributed by atoms with Gasteiger partial charge in [-0.05, 0) is 34.6 Å². The Morgan fingerprint density at radius 1 is 1.41 bits per heavy atom. The first-order chi connectivity index (χ1) is 8.24. The van der Waals surface area contributed by atoms with Crippen LogP contribution in [0.15, 0.2) is 28.7 Å². The quantitative estimate of drug-likeness (QED) is 0.758. The number of rotatable bonds is 7. The van der Waals surface area contributed by atoms with E-state index in [1.54, 1.807) is 0 Å². The highest BCUT2D eigenvalue weighted by Crippen LogP contribution is 2.20. The molecule has 0 aliphatic carbocycles. The van der Waals surface area contributed by atoms with Crippen molar-refractivity contribution in [2.75, 3.05) is 31.6 Å². The van der Waals surface area contributed by atoms with Gasteiger partial charge in [0.25, 0.3) is 0 Å². The Morgan fingerprint density at radius 3 is 2.88 bits per heavy atom. The topological polar surface area (TPSA) is 50.4 Å². The number of halogens is 1. The van der Waals surface area contributed by atoms with Crippen LogP contribution in [0.4, 0.5) is 5.69 Å². The molecule has 17 heavy (non-hydrogen) atoms. The van der Waals surface area contributed by atoms with E-state index in [0.717, 1.165) is 23.2 Å². The van der Waals surface area contributed by atoms with E-state index in [4.69, 9.17) is 4.74 Å². The van der Waals surface area contributed by atoms with Crippen LogP contribution < -0.4 is 10.6 Å². The molecule has 0 aromatic heterocycles. The lowest BCUT2D eigenvalue weighted by Crippen LogP contribution is -2.23. The zero-order valence-electron chi connectivity index (χ0n) is 9.83. The van der Waals surface area contributed by atoms with Crippen molar-refractivity contribution in [2.45, 2.75) is 6.92 Å². The highest BCUT2D eigenvalue weighted by atomic mass is 79.9. The Morgan fingerprint density at radius 2 is 2.18 bits per heavy atom. The van der Waals surface area contributed by atoms with Gasteiger partial charge in [-0.1, -0.05) is 19.1 Å². The molecule has 0 radical (unpaired) electrons. The fraction of sp³-hybridized carbons (Fsp3) is 0.417. The molecule has 0 saturated heterocycles. The zero-order chi connectivity index (χ0) is 12.5. The first kappa shape index (κ1) is 14.2. The molecule has 1 rings (SSSR count). The highest BCUT2D eigenvalue weighted by Gasteiger charge is 2.04. The summed E-state index contributed by atoms with van der Waals surface area (Å²) in [6.45, 7) is 4.31. The molecule has 1 amide bonds. The summed E-state index contributed by atoms with van der Waals surface area (Å²) in [7, 11) is 0. The fourth-order valence-electron chi connectivity index (χ4n) is 1.23. The van der Waals surface area contributed by atoms with Gasteiger partial charge in [0.2, 0.25) is 5.91 Å². The Bertz CT molecular complexity index is 358. The zero-order valence-corrected chi connectivity index (χ0v) is 11.4. The van der Waals surface area contributed by atoms with Gasteiger partial charge in [0.05, 0.1) is 12.3 Å². The van der Waals surface area contributed by atoms with Crippen LogP contribution in [0, 0.1) is 0 Å². The SMILES string of the molecule is CCNCCOCC(=O)Nc1ccccc1Br. The maximum absolute atomic E-state index is 11.5. The van der Waals surface area contributed by atoms with E-state index in [1.165, 1.54) is 0 Å². The van der Waals surface area contributed by atoms with E-state index in [0.29, 0.717) is 6.61 Å². The molecular formula is C12H17BrN2O2. The molecular weight excluding hydrogens is 284 g/mol. The number of benzene rings is 1. The summed E-state index contributed by atoms with van der Waals surface area (Å²) in [5.41, 5.74) is 0.757. The standard InChI is InChI=1S/C12H17BrN2O2/c1-2-14-7-8-17-9-12(16)15-11-6-4-3-5-10(11)13/h3-6,14H,2,7-9H2,1H3,(H,15,16). The average Bonchev–Trinajstić information content (AvgIpc) is 2.32. The Balaban J connectivity index is 2.23. The fourth-order valence-corrected chi connectivity index (χ4v) is 1.62. The van der Waals surface area contributed by atoms with Crippen LogP contribution in [-0.4, -0.2) is 32.2 Å². The van der Waals surface area contributed by atoms with Crippen LogP contribution in [0.3, 0.4) is 0 Å². The van der Waals surface area contributed by atoms with Crippen molar-refractivity contribution in [2.24, 2.45) is 0 Å². The summed E-state index contributed by atoms with van der Waals surface area (Å²) >= 11 is 3.36. The summed E-state index contributed by atoms with van der Waals surface area (Å²) in [6.07, 6.45) is 0. The molecule has 0 bridgehead atoms. The van der Waals surface area contributed by atoms with E-state index in [2.05, 4.69) is 26.6 Å². The van der Waals surface area contributed by atoms with Gasteiger partial charge in [-0.3, -0.25) is 4.79 Å². The third-order valence-electron chi connectivity index (χ3n) is 2.05. The van der Waals surface area contributed by atoms with Gasteiger partial charge < -0.3 is 15.4 Å². The van der Waals surface area contributed by atoms with E-state index >= 15 is 0 Å². The molecule has 1 aromatic carbocycles. The summed E-state index contributed by atoms with van der Waals surface area (Å²) < 4.78 is 6.08. The van der Waals surface area contributed by atoms with E-state index in [9.17, 15) is 4.79 Å². The van der Waals surface area contributed by atoms with Crippen LogP contribution in [0.5, 0.6) is 0 Å². The summed E-state index contributed by atoms with van der Waals surface area (Å²) in [5, 5.41) is 5.89. The van der Waals surface area contributed by atoms with Gasteiger partial charge in [0, 0.05) is 11.0 Å². The van der Waals surface area contributed by atoms with Gasteiger partial charge in [-0.2, -0.15) is 0 Å². The normalized spacial score (nSPS) is 10.2. The van der Waals surface area contributed by atoms with Crippen LogP contribution in [0.25, 0.3) is 0 Å². The molecule has 0 fully saturated rings. The highest BCUT2D eigenvalue weighted by molar-refractivity contribution is 9.10. The number of para-hydroxylation sites is 1. The number of nitrogens with one attached hydrogen (secondary N) is 2. The van der Waals surface area contributed by atoms with Crippen molar-refractivity contribution in [1.29, 1.82) is 0 Å². The van der Waals surface area contributed by atoms with Gasteiger partial charge in [-0.15, -0.1) is 0 Å². The number of ether oxygens (including phenoxy) is 1. The number of hydrogen-bond acceptors (Lipinski definition) is 3. The summed E-state index contributed by atoms with van der Waals surface area (Å²) in [6, 6.07) is 7.47. The van der Waals surface area contributed by atoms with Gasteiger partial charge in [0.1, 0.15) is 6.61 Å². The van der Waals surface area contributed by atoms with Crippen LogP contribution in [0.1, 0.15) is 6.92 Å². The maximum atomic E-state index is 11.5. The largest absolute Gasteiger partial charge is 0.370 e. The second-order valence-corrected chi connectivity index (χ2v) is 4.29. The molecule has 0 saturated carbocycles. The number of likely N-dealkylation sites (N-methyl/N-ethyl adjacent to an activating group) is 1. The molecule has 0 aliphatic heterocycles. The monoisotopic (exact) mass is 300 g/mol. The predicted molar refractivity (Wildman–Crippen MR) is 72.1 cm³/mol. The lowest BCUT2D eigenvalue weighted by molar-refractivity contribution is -0.120. The van der Waals surface area contributed by atoms with Crippen molar-refractivity contribution < 1.29 is 9.53 Å². The minimum Gasteiger partial charge on any atom is -0.370 e. The molecule has 0 unspecified atom stereocenters. The molecule has 1 aromatic rings. The number of carbonyl (C=O) groups is 1. The third kappa shape index (κ3) is 5.81. The molecule has 94 valence electrons. The van der Waals surface area contributed by atoms with E-state index in [-0.39, 0.29) is 12.5 Å². The summed E-state index contributed by atoms with van der Waals surface area (Å²) in [4.78, 5) is 11.5. The Kier molecular flexibility index (Phi) is 6.84. The van der Waals surface area contributed by atoms with Crippen LogP contribution in [-0.2, 0) is 9.53 Å². The van der Waals surface area contributed by atoms with Gasteiger partial charge >= 0.3 is 0 Å². The second kappa shape index (κ2) is 8.22. The molecule has 0 heterocycles. The molecule has 2 N–H and O–H groups in total. The Hall–Kier alpha value is -0.910. The Labute approximate surface area is 110 Å². The van der Waals surface area contributed by atoms with Crippen molar-refractivity contribution in [3.05, 3.63) is 28.7 Å². The number of anilines is 1. The molecule has 0 aliphatic rings. The number of hydrogen-bond donors (Lipinski definition) is 2. The first-order valence-electron chi connectivity index (χ1n) is 5.57. The third-order valence-corrected chi connectivity index (χ3v) is 2.75. The van der Waals surface area contributed by atoms with Crippen molar-refractivity contribution in [3.63, 3.8) is 0 Å². The van der Waals surface area contributed by atoms with Crippen LogP contribution >= 0.6 is 15.9 Å². The predicted octanol–water partition coefficient (Wildman–Crippen LogP) is 2.01. The second-order valence-electron chi connectivity index (χ2n) is 3.43. The van der Waals surface area contributed by atoms with E-state index < -0.39 is 0 Å². The van der Waals surface area contributed by atoms with Crippen molar-refractivity contribution >= 4 is 27.5 Å². The molecule has 0 atom stereocenters. The maximum Gasteiger partial charge on any atom is 0.250 e. The molecule has 0 spiro atoms. The van der Waals surface area contributed by atoms with Crippen molar-refractivity contribution in [3.8, 4) is 0 Å². The van der Waals surface area contributed by atoms with Gasteiger partial charge in [-0.25, -0.2) is 0 Å². The van der Waals surface area contributed by atoms with Gasteiger partial charge in [0.15, 0.2) is 0 Å². The number of amides is 1. The summed E-state index contributed by atoms with van der Waals surface area (Å²) in [5.74, 6) is -0.145. The average molecular weight is 301 g/mol. The number of carbonyl (C=O) groups excluding carboxylic acids is 1. The van der Waals surface area contributed by atoms with E-state index in [1.807, 2.05) is 31.2 Å². The molecule has 5 heteroatoms. The molecule has 4 nitrogen and oxygen atoms in total. The lowest BCUT2D eigenvalue weighted by Gasteiger charge is -2.07. The first-order valence-corrected chi connectivity index (χ1v) is 6.36. The minimum atomic E-state index is -0.145.